The highest BCUT2D eigenvalue weighted by molar-refractivity contribution is 5.91. The molecule has 0 saturated carbocycles. The van der Waals surface area contributed by atoms with Crippen LogP contribution in [-0.4, -0.2) is 30.2 Å². The maximum Gasteiger partial charge on any atom is 0.338 e. The van der Waals surface area contributed by atoms with E-state index in [4.69, 9.17) is 4.84 Å². The number of rotatable bonds is 6. The molecule has 0 fully saturated rings. The highest BCUT2D eigenvalue weighted by atomic mass is 16.7. The van der Waals surface area contributed by atoms with E-state index in [9.17, 15) is 14.9 Å². The monoisotopic (exact) mass is 483 g/mol. The van der Waals surface area contributed by atoms with E-state index in [0.717, 1.165) is 27.6 Å². The highest BCUT2D eigenvalue weighted by Gasteiger charge is 2.29. The lowest BCUT2D eigenvalue weighted by Gasteiger charge is -2.20. The molecule has 5 rings (SSSR count). The molecule has 0 amide bonds. The van der Waals surface area contributed by atoms with Crippen molar-refractivity contribution in [3.05, 3.63) is 82.9 Å². The number of aromatic nitrogens is 4. The van der Waals surface area contributed by atoms with Crippen molar-refractivity contribution in [2.24, 2.45) is 5.41 Å². The molecule has 0 aliphatic carbocycles. The van der Waals surface area contributed by atoms with Crippen molar-refractivity contribution in [1.29, 1.82) is 0 Å². The first-order chi connectivity index (χ1) is 17.2. The molecule has 0 aliphatic rings. The van der Waals surface area contributed by atoms with Gasteiger partial charge in [0.05, 0.1) is 21.2 Å². The number of carbonyl (C=O) groups is 1. The van der Waals surface area contributed by atoms with Crippen LogP contribution in [0.3, 0.4) is 0 Å². The van der Waals surface area contributed by atoms with Gasteiger partial charge in [0.2, 0.25) is 0 Å². The second-order valence-electron chi connectivity index (χ2n) is 9.41. The van der Waals surface area contributed by atoms with Gasteiger partial charge in [-0.25, -0.2) is 14.8 Å². The number of benzene rings is 2. The van der Waals surface area contributed by atoms with E-state index in [0.29, 0.717) is 23.3 Å². The number of hydrogen-bond acceptors (Lipinski definition) is 6. The standard InChI is InChI=1S/C27H25N5O4/c1-5-27(3,4)26(33)36-31-13-11-21-24(28-16-29-25(21)31)30-12-10-18-7-8-19(14-23(18)30)22-15-20(32(34)35)9-6-17(22)2/h6-16H,5H2,1-4H3. The molecular formula is C27H25N5O4. The Morgan fingerprint density at radius 3 is 2.64 bits per heavy atom. The summed E-state index contributed by atoms with van der Waals surface area (Å²) in [5, 5.41) is 13.0. The number of hydrogen-bond donors (Lipinski definition) is 0. The number of fused-ring (bicyclic) bond motifs is 2. The van der Waals surface area contributed by atoms with E-state index in [2.05, 4.69) is 9.97 Å². The van der Waals surface area contributed by atoms with E-state index in [-0.39, 0.29) is 16.6 Å². The number of nitro groups is 1. The molecule has 0 N–H and O–H groups in total. The van der Waals surface area contributed by atoms with E-state index < -0.39 is 5.41 Å². The largest absolute Gasteiger partial charge is 0.338 e. The summed E-state index contributed by atoms with van der Waals surface area (Å²) in [6.45, 7) is 7.55. The fraction of sp³-hybridized carbons (Fsp3) is 0.222. The zero-order valence-electron chi connectivity index (χ0n) is 20.4. The van der Waals surface area contributed by atoms with Crippen molar-refractivity contribution in [2.45, 2.75) is 34.1 Å². The number of nitro benzene ring substituents is 1. The average molecular weight is 484 g/mol. The van der Waals surface area contributed by atoms with Crippen LogP contribution in [0.25, 0.3) is 38.9 Å². The third-order valence-electron chi connectivity index (χ3n) is 6.71. The first-order valence-corrected chi connectivity index (χ1v) is 11.6. The van der Waals surface area contributed by atoms with Crippen molar-refractivity contribution in [3.8, 4) is 16.9 Å². The molecule has 182 valence electrons. The van der Waals surface area contributed by atoms with E-state index in [1.165, 1.54) is 17.1 Å². The van der Waals surface area contributed by atoms with Crippen molar-refractivity contribution in [3.63, 3.8) is 0 Å². The van der Waals surface area contributed by atoms with Crippen LogP contribution in [0.4, 0.5) is 5.69 Å². The van der Waals surface area contributed by atoms with Gasteiger partial charge in [-0.3, -0.25) is 10.1 Å². The summed E-state index contributed by atoms with van der Waals surface area (Å²) in [4.78, 5) is 38.1. The summed E-state index contributed by atoms with van der Waals surface area (Å²) < 4.78 is 3.32. The summed E-state index contributed by atoms with van der Waals surface area (Å²) in [5.74, 6) is 0.290. The molecule has 0 unspecified atom stereocenters. The number of nitrogens with zero attached hydrogens (tertiary/aromatic N) is 5. The lowest BCUT2D eigenvalue weighted by atomic mass is 9.91. The first-order valence-electron chi connectivity index (χ1n) is 11.6. The Kier molecular flexibility index (Phi) is 5.55. The maximum absolute atomic E-state index is 12.6. The average Bonchev–Trinajstić information content (AvgIpc) is 3.48. The molecule has 0 aliphatic heterocycles. The lowest BCUT2D eigenvalue weighted by Crippen LogP contribution is -2.32. The van der Waals surface area contributed by atoms with Gasteiger partial charge in [-0.2, -0.15) is 4.73 Å². The predicted octanol–water partition coefficient (Wildman–Crippen LogP) is 5.65. The van der Waals surface area contributed by atoms with Crippen molar-refractivity contribution < 1.29 is 14.6 Å². The Balaban J connectivity index is 1.61. The Morgan fingerprint density at radius 1 is 1.08 bits per heavy atom. The molecule has 5 aromatic rings. The fourth-order valence-corrected chi connectivity index (χ4v) is 4.05. The molecule has 0 bridgehead atoms. The lowest BCUT2D eigenvalue weighted by molar-refractivity contribution is -0.384. The van der Waals surface area contributed by atoms with Gasteiger partial charge >= 0.3 is 5.97 Å². The predicted molar refractivity (Wildman–Crippen MR) is 137 cm³/mol. The molecule has 9 nitrogen and oxygen atoms in total. The van der Waals surface area contributed by atoms with Gasteiger partial charge in [-0.05, 0) is 62.1 Å². The van der Waals surface area contributed by atoms with E-state index in [1.807, 2.05) is 68.8 Å². The fourth-order valence-electron chi connectivity index (χ4n) is 4.05. The van der Waals surface area contributed by atoms with Gasteiger partial charge in [0.25, 0.3) is 5.69 Å². The number of carbonyl (C=O) groups excluding carboxylic acids is 1. The molecule has 0 radical (unpaired) electrons. The van der Waals surface area contributed by atoms with Crippen LogP contribution in [0.5, 0.6) is 0 Å². The molecule has 3 heterocycles. The zero-order valence-corrected chi connectivity index (χ0v) is 20.4. The van der Waals surface area contributed by atoms with Crippen molar-refractivity contribution >= 4 is 33.6 Å². The van der Waals surface area contributed by atoms with Gasteiger partial charge < -0.3 is 9.40 Å². The quantitative estimate of drug-likeness (QED) is 0.228. The Hall–Kier alpha value is -4.53. The topological polar surface area (TPSA) is 105 Å². The van der Waals surface area contributed by atoms with E-state index >= 15 is 0 Å². The third-order valence-corrected chi connectivity index (χ3v) is 6.71. The smallest absolute Gasteiger partial charge is 0.334 e. The van der Waals surface area contributed by atoms with Gasteiger partial charge in [-0.1, -0.05) is 25.1 Å². The van der Waals surface area contributed by atoms with Crippen LogP contribution in [-0.2, 0) is 4.79 Å². The summed E-state index contributed by atoms with van der Waals surface area (Å²) >= 11 is 0. The molecule has 0 spiro atoms. The summed E-state index contributed by atoms with van der Waals surface area (Å²) in [5.41, 5.74) is 3.39. The number of aryl methyl sites for hydroxylation is 1. The minimum Gasteiger partial charge on any atom is -0.334 e. The molecule has 2 aromatic carbocycles. The second-order valence-corrected chi connectivity index (χ2v) is 9.41. The molecule has 9 heteroatoms. The first kappa shape index (κ1) is 23.2. The minimum absolute atomic E-state index is 0.0470. The SMILES string of the molecule is CCC(C)(C)C(=O)On1ccc2c(-n3ccc4ccc(-c5cc([N+](=O)[O-])ccc5C)cc43)ncnc21. The molecule has 0 saturated heterocycles. The minimum atomic E-state index is -0.621. The van der Waals surface area contributed by atoms with Gasteiger partial charge in [0, 0.05) is 29.9 Å². The summed E-state index contributed by atoms with van der Waals surface area (Å²) in [6.07, 6.45) is 5.66. The Bertz CT molecular complexity index is 1650. The molecular weight excluding hydrogens is 458 g/mol. The van der Waals surface area contributed by atoms with Crippen LogP contribution in [0.15, 0.2) is 67.3 Å². The van der Waals surface area contributed by atoms with Crippen LogP contribution in [0, 0.1) is 22.5 Å². The van der Waals surface area contributed by atoms with Crippen LogP contribution >= 0.6 is 0 Å². The second kappa shape index (κ2) is 8.60. The van der Waals surface area contributed by atoms with Crippen LogP contribution in [0.2, 0.25) is 0 Å². The van der Waals surface area contributed by atoms with Crippen molar-refractivity contribution in [2.75, 3.05) is 0 Å². The third kappa shape index (κ3) is 3.88. The van der Waals surface area contributed by atoms with Gasteiger partial charge in [0.1, 0.15) is 12.1 Å². The Morgan fingerprint density at radius 2 is 1.89 bits per heavy atom. The van der Waals surface area contributed by atoms with Gasteiger partial charge in [-0.15, -0.1) is 0 Å². The molecule has 3 aromatic heterocycles. The molecule has 36 heavy (non-hydrogen) atoms. The van der Waals surface area contributed by atoms with Crippen LogP contribution < -0.4 is 4.84 Å². The maximum atomic E-state index is 12.6. The van der Waals surface area contributed by atoms with E-state index in [1.54, 1.807) is 18.3 Å². The summed E-state index contributed by atoms with van der Waals surface area (Å²) in [6, 6.07) is 14.6. The normalized spacial score (nSPS) is 11.8. The van der Waals surface area contributed by atoms with Crippen LogP contribution in [0.1, 0.15) is 32.8 Å². The summed E-state index contributed by atoms with van der Waals surface area (Å²) in [7, 11) is 0. The zero-order chi connectivity index (χ0) is 25.6. The molecule has 0 atom stereocenters. The van der Waals surface area contributed by atoms with Crippen molar-refractivity contribution in [1.82, 2.24) is 19.3 Å². The van der Waals surface area contributed by atoms with Gasteiger partial charge in [0.15, 0.2) is 5.65 Å². The number of non-ortho nitro benzene ring substituents is 1. The highest BCUT2D eigenvalue weighted by Crippen LogP contribution is 2.32. The Labute approximate surface area is 207 Å².